The van der Waals surface area contributed by atoms with Crippen molar-refractivity contribution in [2.24, 2.45) is 0 Å². The molecule has 1 aliphatic rings. The molecule has 0 radical (unpaired) electrons. The highest BCUT2D eigenvalue weighted by Gasteiger charge is 2.32. The first kappa shape index (κ1) is 28.3. The number of amides is 1. The van der Waals surface area contributed by atoms with Gasteiger partial charge in [0.2, 0.25) is 10.0 Å². The fourth-order valence-electron chi connectivity index (χ4n) is 4.04. The maximum absolute atomic E-state index is 13.1. The zero-order valence-corrected chi connectivity index (χ0v) is 23.5. The molecule has 0 saturated carbocycles. The number of nitrogens with one attached hydrogen (secondary N) is 2. The number of sulfonamides is 2. The molecule has 1 aliphatic heterocycles. The molecule has 4 rings (SSSR count). The Morgan fingerprint density at radius 1 is 0.868 bits per heavy atom. The highest BCUT2D eigenvalue weighted by atomic mass is 35.5. The first-order valence-electron chi connectivity index (χ1n) is 11.5. The second kappa shape index (κ2) is 11.2. The van der Waals surface area contributed by atoms with Gasteiger partial charge in [0.15, 0.2) is 0 Å². The number of ether oxygens (including phenoxy) is 1. The second-order valence-corrected chi connectivity index (χ2v) is 13.2. The average Bonchev–Trinajstić information content (AvgIpc) is 2.84. The van der Waals surface area contributed by atoms with E-state index in [2.05, 4.69) is 10.0 Å². The van der Waals surface area contributed by atoms with Gasteiger partial charge in [-0.15, -0.1) is 0 Å². The number of benzene rings is 3. The molecule has 3 aromatic carbocycles. The van der Waals surface area contributed by atoms with Crippen LogP contribution in [0.4, 0.5) is 11.4 Å². The molecule has 0 aromatic heterocycles. The maximum Gasteiger partial charge on any atom is 0.261 e. The minimum absolute atomic E-state index is 0.0218. The van der Waals surface area contributed by atoms with Gasteiger partial charge in [-0.05, 0) is 74.5 Å². The van der Waals surface area contributed by atoms with Crippen LogP contribution in [0.2, 0.25) is 10.0 Å². The van der Waals surface area contributed by atoms with Gasteiger partial charge < -0.3 is 10.1 Å². The summed E-state index contributed by atoms with van der Waals surface area (Å²) in [6, 6.07) is 15.6. The van der Waals surface area contributed by atoms with Gasteiger partial charge in [0.25, 0.3) is 15.9 Å². The number of nitrogens with zero attached hydrogens (tertiary/aromatic N) is 1. The van der Waals surface area contributed by atoms with Crippen molar-refractivity contribution >= 4 is 60.5 Å². The van der Waals surface area contributed by atoms with Crippen LogP contribution in [0.5, 0.6) is 0 Å². The number of carbonyl (C=O) groups is 1. The quantitative estimate of drug-likeness (QED) is 0.401. The fourth-order valence-corrected chi connectivity index (χ4v) is 7.09. The summed E-state index contributed by atoms with van der Waals surface area (Å²) in [6.07, 6.45) is -0.456. The first-order chi connectivity index (χ1) is 17.9. The van der Waals surface area contributed by atoms with Crippen LogP contribution in [0, 0.1) is 0 Å². The molecule has 2 atom stereocenters. The standard InChI is InChI=1S/C25H25Cl2N3O6S2/c1-16-14-30(15-17(2)36-16)38(34,35)21-12-8-19(9-13-21)28-25(31)24-22(27)4-3-5-23(24)29-37(32,33)20-10-6-18(26)7-11-20/h3-13,16-17,29H,14-15H2,1-2H3,(H,28,31). The van der Waals surface area contributed by atoms with Gasteiger partial charge in [-0.3, -0.25) is 9.52 Å². The van der Waals surface area contributed by atoms with Crippen LogP contribution in [-0.2, 0) is 24.8 Å². The van der Waals surface area contributed by atoms with Crippen molar-refractivity contribution in [2.45, 2.75) is 35.8 Å². The molecule has 0 spiro atoms. The third-order valence-electron chi connectivity index (χ3n) is 5.74. The smallest absolute Gasteiger partial charge is 0.261 e. The van der Waals surface area contributed by atoms with E-state index in [4.69, 9.17) is 27.9 Å². The lowest BCUT2D eigenvalue weighted by Gasteiger charge is -2.34. The molecule has 0 aliphatic carbocycles. The van der Waals surface area contributed by atoms with E-state index in [0.717, 1.165) is 0 Å². The molecule has 1 amide bonds. The zero-order valence-electron chi connectivity index (χ0n) is 20.4. The summed E-state index contributed by atoms with van der Waals surface area (Å²) in [5.74, 6) is -0.684. The predicted molar refractivity (Wildman–Crippen MR) is 147 cm³/mol. The summed E-state index contributed by atoms with van der Waals surface area (Å²) in [5.41, 5.74) is 0.170. The molecule has 202 valence electrons. The van der Waals surface area contributed by atoms with E-state index in [0.29, 0.717) is 10.7 Å². The Hall–Kier alpha value is -2.67. The van der Waals surface area contributed by atoms with Gasteiger partial charge in [-0.1, -0.05) is 29.3 Å². The molecule has 2 unspecified atom stereocenters. The molecular weight excluding hydrogens is 573 g/mol. The molecule has 1 heterocycles. The van der Waals surface area contributed by atoms with Crippen molar-refractivity contribution in [3.63, 3.8) is 0 Å². The average molecular weight is 599 g/mol. The van der Waals surface area contributed by atoms with Crippen LogP contribution in [-0.4, -0.2) is 52.3 Å². The van der Waals surface area contributed by atoms with E-state index in [9.17, 15) is 21.6 Å². The van der Waals surface area contributed by atoms with Gasteiger partial charge in [-0.25, -0.2) is 16.8 Å². The van der Waals surface area contributed by atoms with Crippen LogP contribution in [0.1, 0.15) is 24.2 Å². The Balaban J connectivity index is 1.54. The van der Waals surface area contributed by atoms with Crippen LogP contribution in [0.15, 0.2) is 76.5 Å². The molecule has 9 nitrogen and oxygen atoms in total. The minimum atomic E-state index is -4.04. The molecule has 1 saturated heterocycles. The summed E-state index contributed by atoms with van der Waals surface area (Å²) in [5, 5.41) is 3.04. The SMILES string of the molecule is CC1CN(S(=O)(=O)c2ccc(NC(=O)c3c(Cl)cccc3NS(=O)(=O)c3ccc(Cl)cc3)cc2)CC(C)O1. The Labute approximate surface area is 231 Å². The summed E-state index contributed by atoms with van der Waals surface area (Å²) in [4.78, 5) is 13.2. The Kier molecular flexibility index (Phi) is 8.36. The molecular formula is C25H25Cl2N3O6S2. The summed E-state index contributed by atoms with van der Waals surface area (Å²) >= 11 is 12.1. The molecule has 3 aromatic rings. The highest BCUT2D eigenvalue weighted by Crippen LogP contribution is 2.29. The number of carbonyl (C=O) groups excluding carboxylic acids is 1. The van der Waals surface area contributed by atoms with Crippen molar-refractivity contribution in [2.75, 3.05) is 23.1 Å². The topological polar surface area (TPSA) is 122 Å². The van der Waals surface area contributed by atoms with Crippen LogP contribution < -0.4 is 10.0 Å². The third-order valence-corrected chi connectivity index (χ3v) is 9.54. The lowest BCUT2D eigenvalue weighted by Crippen LogP contribution is -2.48. The van der Waals surface area contributed by atoms with E-state index >= 15 is 0 Å². The number of halogens is 2. The molecule has 2 N–H and O–H groups in total. The molecule has 13 heteroatoms. The van der Waals surface area contributed by atoms with Gasteiger partial charge in [-0.2, -0.15) is 4.31 Å². The lowest BCUT2D eigenvalue weighted by molar-refractivity contribution is -0.0440. The Bertz CT molecular complexity index is 1540. The van der Waals surface area contributed by atoms with E-state index in [1.807, 2.05) is 13.8 Å². The summed E-state index contributed by atoms with van der Waals surface area (Å²) in [7, 11) is -7.80. The van der Waals surface area contributed by atoms with Crippen molar-refractivity contribution in [3.8, 4) is 0 Å². The summed E-state index contributed by atoms with van der Waals surface area (Å²) < 4.78 is 61.3. The molecule has 0 bridgehead atoms. The Morgan fingerprint density at radius 3 is 2.05 bits per heavy atom. The van der Waals surface area contributed by atoms with Crippen LogP contribution in [0.25, 0.3) is 0 Å². The van der Waals surface area contributed by atoms with Gasteiger partial charge in [0, 0.05) is 23.8 Å². The van der Waals surface area contributed by atoms with Crippen LogP contribution in [0.3, 0.4) is 0 Å². The van der Waals surface area contributed by atoms with Gasteiger partial charge >= 0.3 is 0 Å². The third kappa shape index (κ3) is 6.31. The van der Waals surface area contributed by atoms with Gasteiger partial charge in [0.1, 0.15) is 0 Å². The second-order valence-electron chi connectivity index (χ2n) is 8.78. The number of rotatable bonds is 7. The van der Waals surface area contributed by atoms with E-state index < -0.39 is 26.0 Å². The summed E-state index contributed by atoms with van der Waals surface area (Å²) in [6.45, 7) is 4.11. The molecule has 38 heavy (non-hydrogen) atoms. The predicted octanol–water partition coefficient (Wildman–Crippen LogP) is 4.84. The first-order valence-corrected chi connectivity index (χ1v) is 15.2. The highest BCUT2D eigenvalue weighted by molar-refractivity contribution is 7.92. The number of morpholine rings is 1. The lowest BCUT2D eigenvalue weighted by atomic mass is 10.1. The van der Waals surface area contributed by atoms with Crippen molar-refractivity contribution < 1.29 is 26.4 Å². The van der Waals surface area contributed by atoms with Crippen molar-refractivity contribution in [3.05, 3.63) is 82.3 Å². The molecule has 1 fully saturated rings. The van der Waals surface area contributed by atoms with E-state index in [1.54, 1.807) is 0 Å². The van der Waals surface area contributed by atoms with E-state index in [1.165, 1.54) is 71.0 Å². The van der Waals surface area contributed by atoms with E-state index in [-0.39, 0.29) is 51.4 Å². The van der Waals surface area contributed by atoms with Crippen LogP contribution >= 0.6 is 23.2 Å². The number of anilines is 2. The van der Waals surface area contributed by atoms with Crippen molar-refractivity contribution in [1.29, 1.82) is 0 Å². The number of hydrogen-bond donors (Lipinski definition) is 2. The van der Waals surface area contributed by atoms with Crippen molar-refractivity contribution in [1.82, 2.24) is 4.31 Å². The zero-order chi connectivity index (χ0) is 27.7. The maximum atomic E-state index is 13.1. The van der Waals surface area contributed by atoms with Gasteiger partial charge in [0.05, 0.1) is 38.3 Å². The number of hydrogen-bond acceptors (Lipinski definition) is 6. The monoisotopic (exact) mass is 597 g/mol. The normalized spacial score (nSPS) is 18.6. The Morgan fingerprint density at radius 2 is 1.45 bits per heavy atom. The fraction of sp³-hybridized carbons (Fsp3) is 0.240. The minimum Gasteiger partial charge on any atom is -0.373 e. The largest absolute Gasteiger partial charge is 0.373 e.